The zero-order valence-electron chi connectivity index (χ0n) is 19.7. The van der Waals surface area contributed by atoms with Gasteiger partial charge in [0, 0.05) is 25.6 Å². The lowest BCUT2D eigenvalue weighted by Crippen LogP contribution is -2.49. The van der Waals surface area contributed by atoms with Gasteiger partial charge in [-0.25, -0.2) is 4.79 Å². The highest BCUT2D eigenvalue weighted by Gasteiger charge is 2.42. The Balaban J connectivity index is 1.19. The number of carbonyl (C=O) groups excluding carboxylic acids is 2. The van der Waals surface area contributed by atoms with Gasteiger partial charge >= 0.3 is 12.1 Å². The van der Waals surface area contributed by atoms with Crippen LogP contribution in [0, 0.1) is 11.8 Å². The van der Waals surface area contributed by atoms with Crippen molar-refractivity contribution in [1.29, 1.82) is 0 Å². The number of hydrogen-bond acceptors (Lipinski definition) is 5. The summed E-state index contributed by atoms with van der Waals surface area (Å²) in [5, 5.41) is 11.9. The highest BCUT2D eigenvalue weighted by Crippen LogP contribution is 2.44. The summed E-state index contributed by atoms with van der Waals surface area (Å²) in [5.74, 6) is -1.08. The van der Waals surface area contributed by atoms with Gasteiger partial charge < -0.3 is 24.8 Å². The van der Waals surface area contributed by atoms with Crippen LogP contribution in [0.2, 0.25) is 0 Å². The van der Waals surface area contributed by atoms with Gasteiger partial charge in [-0.1, -0.05) is 55.5 Å². The second-order valence-corrected chi connectivity index (χ2v) is 9.73. The maximum atomic E-state index is 13.1. The number of alkyl carbamates (subject to hydrolysis) is 1. The maximum absolute atomic E-state index is 13.1. The molecule has 8 nitrogen and oxygen atoms in total. The zero-order valence-corrected chi connectivity index (χ0v) is 19.7. The van der Waals surface area contributed by atoms with E-state index in [-0.39, 0.29) is 36.7 Å². The molecule has 2 fully saturated rings. The molecule has 2 amide bonds. The third-order valence-corrected chi connectivity index (χ3v) is 7.50. The van der Waals surface area contributed by atoms with Crippen LogP contribution in [0.15, 0.2) is 48.5 Å². The van der Waals surface area contributed by atoms with Crippen molar-refractivity contribution in [3.05, 3.63) is 59.7 Å². The first kappa shape index (κ1) is 23.4. The van der Waals surface area contributed by atoms with Gasteiger partial charge in [0.15, 0.2) is 6.10 Å². The van der Waals surface area contributed by atoms with E-state index in [1.54, 1.807) is 4.90 Å². The van der Waals surface area contributed by atoms with Crippen molar-refractivity contribution >= 4 is 18.0 Å². The summed E-state index contributed by atoms with van der Waals surface area (Å²) in [5.41, 5.74) is 4.59. The van der Waals surface area contributed by atoms with Crippen LogP contribution in [0.4, 0.5) is 4.79 Å². The van der Waals surface area contributed by atoms with Gasteiger partial charge in [0.2, 0.25) is 0 Å². The number of carbonyl (C=O) groups is 3. The Morgan fingerprint density at radius 1 is 1.06 bits per heavy atom. The number of nitrogens with one attached hydrogen (secondary N) is 1. The standard InChI is InChI=1S/C27H30N2O6/c1-16-13-29(14-17(16)12-24(30)31)26(32)25-23(10-11-34-25)28-27(33)35-15-22-20-8-4-2-6-18(20)19-7-3-5-9-21(19)22/h2-9,16-17,22-23,25H,10-15H2,1H3,(H,28,33)(H,30,31)/t16?,17?,23-,25+/m0/s1. The molecule has 2 saturated heterocycles. The Hall–Kier alpha value is -3.39. The lowest BCUT2D eigenvalue weighted by atomic mass is 9.95. The van der Waals surface area contributed by atoms with E-state index in [9.17, 15) is 14.4 Å². The molecule has 1 aliphatic carbocycles. The minimum Gasteiger partial charge on any atom is -0.481 e. The van der Waals surface area contributed by atoms with Gasteiger partial charge in [-0.05, 0) is 40.5 Å². The third kappa shape index (κ3) is 4.62. The van der Waals surface area contributed by atoms with E-state index < -0.39 is 24.2 Å². The van der Waals surface area contributed by atoms with Crippen molar-refractivity contribution in [3.63, 3.8) is 0 Å². The monoisotopic (exact) mass is 478 g/mol. The van der Waals surface area contributed by atoms with Gasteiger partial charge in [-0.2, -0.15) is 0 Å². The molecule has 2 N–H and O–H groups in total. The maximum Gasteiger partial charge on any atom is 0.407 e. The quantitative estimate of drug-likeness (QED) is 0.660. The molecular formula is C27H30N2O6. The zero-order chi connectivity index (χ0) is 24.5. The normalized spacial score (nSPS) is 25.2. The number of aliphatic carboxylic acids is 1. The molecule has 2 heterocycles. The first-order valence-electron chi connectivity index (χ1n) is 12.2. The molecule has 5 rings (SSSR count). The summed E-state index contributed by atoms with van der Waals surface area (Å²) < 4.78 is 11.3. The molecular weight excluding hydrogens is 448 g/mol. The molecule has 4 atom stereocenters. The Morgan fingerprint density at radius 2 is 1.71 bits per heavy atom. The predicted octanol–water partition coefficient (Wildman–Crippen LogP) is 3.25. The van der Waals surface area contributed by atoms with Crippen LogP contribution in [-0.2, 0) is 19.1 Å². The molecule has 0 bridgehead atoms. The predicted molar refractivity (Wildman–Crippen MR) is 128 cm³/mol. The van der Waals surface area contributed by atoms with Crippen LogP contribution in [0.5, 0.6) is 0 Å². The Bertz CT molecular complexity index is 1090. The first-order valence-corrected chi connectivity index (χ1v) is 12.2. The first-order chi connectivity index (χ1) is 16.9. The summed E-state index contributed by atoms with van der Waals surface area (Å²) in [7, 11) is 0. The molecule has 0 aromatic heterocycles. The van der Waals surface area contributed by atoms with Gasteiger partial charge in [-0.15, -0.1) is 0 Å². The number of ether oxygens (including phenoxy) is 2. The van der Waals surface area contributed by atoms with E-state index in [1.165, 1.54) is 0 Å². The SMILES string of the molecule is CC1CN(C(=O)[C@@H]2OCC[C@@H]2NC(=O)OCC2c3ccccc3-c3ccccc32)CC1CC(=O)O. The van der Waals surface area contributed by atoms with Crippen molar-refractivity contribution < 1.29 is 29.0 Å². The van der Waals surface area contributed by atoms with E-state index in [2.05, 4.69) is 29.6 Å². The molecule has 0 spiro atoms. The topological polar surface area (TPSA) is 105 Å². The van der Waals surface area contributed by atoms with Crippen molar-refractivity contribution in [2.45, 2.75) is 37.8 Å². The van der Waals surface area contributed by atoms with Crippen molar-refractivity contribution in [3.8, 4) is 11.1 Å². The van der Waals surface area contributed by atoms with Crippen LogP contribution in [0.1, 0.15) is 36.8 Å². The van der Waals surface area contributed by atoms with Gasteiger partial charge in [0.05, 0.1) is 12.5 Å². The summed E-state index contributed by atoms with van der Waals surface area (Å²) in [4.78, 5) is 38.6. The highest BCUT2D eigenvalue weighted by molar-refractivity contribution is 5.83. The summed E-state index contributed by atoms with van der Waals surface area (Å²) >= 11 is 0. The average molecular weight is 479 g/mol. The number of carboxylic acid groups (broad SMARTS) is 1. The Morgan fingerprint density at radius 3 is 2.37 bits per heavy atom. The van der Waals surface area contributed by atoms with Gasteiger partial charge in [0.25, 0.3) is 5.91 Å². The lowest BCUT2D eigenvalue weighted by molar-refractivity contribution is -0.142. The number of likely N-dealkylation sites (tertiary alicyclic amines) is 1. The minimum absolute atomic E-state index is 0.0392. The molecule has 2 aromatic carbocycles. The van der Waals surface area contributed by atoms with Gasteiger partial charge in [-0.3, -0.25) is 9.59 Å². The number of amides is 2. The molecule has 2 unspecified atom stereocenters. The number of hydrogen-bond donors (Lipinski definition) is 2. The molecule has 2 aliphatic heterocycles. The smallest absolute Gasteiger partial charge is 0.407 e. The lowest BCUT2D eigenvalue weighted by Gasteiger charge is -2.25. The van der Waals surface area contributed by atoms with Crippen molar-refractivity contribution in [1.82, 2.24) is 10.2 Å². The third-order valence-electron chi connectivity index (χ3n) is 7.50. The largest absolute Gasteiger partial charge is 0.481 e. The Labute approximate surface area is 204 Å². The van der Waals surface area contributed by atoms with E-state index in [0.29, 0.717) is 26.1 Å². The number of nitrogens with zero attached hydrogens (tertiary/aromatic N) is 1. The van der Waals surface area contributed by atoms with E-state index in [0.717, 1.165) is 22.3 Å². The average Bonchev–Trinajstić information content (AvgIpc) is 3.53. The van der Waals surface area contributed by atoms with Crippen LogP contribution in [0.25, 0.3) is 11.1 Å². The van der Waals surface area contributed by atoms with Crippen LogP contribution in [0.3, 0.4) is 0 Å². The van der Waals surface area contributed by atoms with Gasteiger partial charge in [0.1, 0.15) is 6.61 Å². The van der Waals surface area contributed by atoms with Crippen molar-refractivity contribution in [2.75, 3.05) is 26.3 Å². The number of fused-ring (bicyclic) bond motifs is 3. The van der Waals surface area contributed by atoms with E-state index >= 15 is 0 Å². The fraction of sp³-hybridized carbons (Fsp3) is 0.444. The molecule has 0 radical (unpaired) electrons. The van der Waals surface area contributed by atoms with E-state index in [4.69, 9.17) is 14.6 Å². The second-order valence-electron chi connectivity index (χ2n) is 9.73. The summed E-state index contributed by atoms with van der Waals surface area (Å²) in [6.07, 6.45) is -0.801. The molecule has 8 heteroatoms. The second kappa shape index (κ2) is 9.70. The molecule has 35 heavy (non-hydrogen) atoms. The minimum atomic E-state index is -0.858. The fourth-order valence-electron chi connectivity index (χ4n) is 5.66. The molecule has 3 aliphatic rings. The molecule has 2 aromatic rings. The number of carboxylic acids is 1. The van der Waals surface area contributed by atoms with E-state index in [1.807, 2.05) is 31.2 Å². The van der Waals surface area contributed by atoms with Crippen LogP contribution >= 0.6 is 0 Å². The van der Waals surface area contributed by atoms with Crippen molar-refractivity contribution in [2.24, 2.45) is 11.8 Å². The summed E-state index contributed by atoms with van der Waals surface area (Å²) in [6, 6.07) is 15.8. The molecule has 0 saturated carbocycles. The van der Waals surface area contributed by atoms with Crippen LogP contribution in [-0.4, -0.2) is 66.4 Å². The Kier molecular flexibility index (Phi) is 6.47. The molecule has 184 valence electrons. The number of rotatable bonds is 6. The number of benzene rings is 2. The van der Waals surface area contributed by atoms with Crippen LogP contribution < -0.4 is 5.32 Å². The fourth-order valence-corrected chi connectivity index (χ4v) is 5.66. The highest BCUT2D eigenvalue weighted by atomic mass is 16.6. The summed E-state index contributed by atoms with van der Waals surface area (Å²) in [6.45, 7) is 3.42.